The SMILES string of the molecule is CN=C(NCCc1cccc(Cl)c1)N1CCN(c2cnn(C)c2)C(=O)C1. The van der Waals surface area contributed by atoms with Crippen LogP contribution < -0.4 is 10.2 Å². The fourth-order valence-corrected chi connectivity index (χ4v) is 3.23. The molecule has 2 heterocycles. The molecule has 0 bridgehead atoms. The Balaban J connectivity index is 1.54. The number of guanidine groups is 1. The van der Waals surface area contributed by atoms with E-state index in [1.54, 1.807) is 22.8 Å². The second kappa shape index (κ2) is 8.23. The average Bonchev–Trinajstić information content (AvgIpc) is 3.05. The number of nitrogens with zero attached hydrogens (tertiary/aromatic N) is 5. The molecule has 2 aromatic rings. The number of nitrogens with one attached hydrogen (secondary N) is 1. The third-order valence-electron chi connectivity index (χ3n) is 4.32. The number of hydrogen-bond acceptors (Lipinski definition) is 3. The predicted octanol–water partition coefficient (Wildman–Crippen LogP) is 1.54. The Labute approximate surface area is 158 Å². The largest absolute Gasteiger partial charge is 0.356 e. The number of benzene rings is 1. The van der Waals surface area contributed by atoms with E-state index < -0.39 is 0 Å². The molecule has 3 rings (SSSR count). The molecule has 1 N–H and O–H groups in total. The summed E-state index contributed by atoms with van der Waals surface area (Å²) in [6.07, 6.45) is 4.40. The lowest BCUT2D eigenvalue weighted by atomic mass is 10.1. The van der Waals surface area contributed by atoms with Gasteiger partial charge in [0.05, 0.1) is 11.9 Å². The third-order valence-corrected chi connectivity index (χ3v) is 4.56. The number of anilines is 1. The maximum atomic E-state index is 12.5. The van der Waals surface area contributed by atoms with Crippen LogP contribution in [0.25, 0.3) is 0 Å². The summed E-state index contributed by atoms with van der Waals surface area (Å²) in [5, 5.41) is 8.21. The number of hydrogen-bond donors (Lipinski definition) is 1. The number of carbonyl (C=O) groups excluding carboxylic acids is 1. The molecular formula is C18H23ClN6O. The van der Waals surface area contributed by atoms with Gasteiger partial charge in [-0.05, 0) is 24.1 Å². The van der Waals surface area contributed by atoms with Gasteiger partial charge in [0.1, 0.15) is 6.54 Å². The highest BCUT2D eigenvalue weighted by molar-refractivity contribution is 6.30. The quantitative estimate of drug-likeness (QED) is 0.651. The first kappa shape index (κ1) is 18.3. The van der Waals surface area contributed by atoms with Crippen molar-refractivity contribution in [1.82, 2.24) is 20.0 Å². The fraction of sp³-hybridized carbons (Fsp3) is 0.389. The second-order valence-corrected chi connectivity index (χ2v) is 6.63. The maximum absolute atomic E-state index is 12.5. The Hall–Kier alpha value is -2.54. The minimum Gasteiger partial charge on any atom is -0.356 e. The first-order chi connectivity index (χ1) is 12.6. The van der Waals surface area contributed by atoms with E-state index in [9.17, 15) is 4.79 Å². The van der Waals surface area contributed by atoms with Crippen LogP contribution in [0, 0.1) is 0 Å². The van der Waals surface area contributed by atoms with Crippen LogP contribution in [0.15, 0.2) is 41.7 Å². The van der Waals surface area contributed by atoms with Crippen LogP contribution in [0.3, 0.4) is 0 Å². The molecule has 8 heteroatoms. The monoisotopic (exact) mass is 374 g/mol. The summed E-state index contributed by atoms with van der Waals surface area (Å²) in [6.45, 7) is 2.35. The van der Waals surface area contributed by atoms with Gasteiger partial charge in [0.2, 0.25) is 5.91 Å². The highest BCUT2D eigenvalue weighted by Crippen LogP contribution is 2.16. The van der Waals surface area contributed by atoms with Gasteiger partial charge < -0.3 is 15.1 Å². The highest BCUT2D eigenvalue weighted by Gasteiger charge is 2.27. The highest BCUT2D eigenvalue weighted by atomic mass is 35.5. The lowest BCUT2D eigenvalue weighted by Gasteiger charge is -2.35. The van der Waals surface area contributed by atoms with E-state index >= 15 is 0 Å². The molecule has 1 saturated heterocycles. The maximum Gasteiger partial charge on any atom is 0.246 e. The average molecular weight is 375 g/mol. The Morgan fingerprint density at radius 3 is 2.88 bits per heavy atom. The summed E-state index contributed by atoms with van der Waals surface area (Å²) < 4.78 is 1.70. The number of aliphatic imine (C=N–C) groups is 1. The van der Waals surface area contributed by atoms with Crippen molar-refractivity contribution in [3.63, 3.8) is 0 Å². The van der Waals surface area contributed by atoms with Gasteiger partial charge >= 0.3 is 0 Å². The van der Waals surface area contributed by atoms with Gasteiger partial charge in [-0.1, -0.05) is 23.7 Å². The number of piperazine rings is 1. The van der Waals surface area contributed by atoms with Gasteiger partial charge in [-0.2, -0.15) is 5.10 Å². The molecule has 138 valence electrons. The number of amides is 1. The van der Waals surface area contributed by atoms with Crippen molar-refractivity contribution in [1.29, 1.82) is 0 Å². The number of carbonyl (C=O) groups is 1. The number of aromatic nitrogens is 2. The van der Waals surface area contributed by atoms with Crippen molar-refractivity contribution in [3.05, 3.63) is 47.2 Å². The zero-order valence-corrected chi connectivity index (χ0v) is 15.8. The molecule has 1 aliphatic rings. The molecule has 0 unspecified atom stereocenters. The van der Waals surface area contributed by atoms with Crippen LogP contribution in [0.5, 0.6) is 0 Å². The molecule has 0 radical (unpaired) electrons. The molecule has 0 spiro atoms. The summed E-state index contributed by atoms with van der Waals surface area (Å²) in [7, 11) is 3.58. The summed E-state index contributed by atoms with van der Waals surface area (Å²) in [5.74, 6) is 0.785. The topological polar surface area (TPSA) is 65.8 Å². The lowest BCUT2D eigenvalue weighted by Crippen LogP contribution is -2.55. The summed E-state index contributed by atoms with van der Waals surface area (Å²) in [4.78, 5) is 20.6. The minimum atomic E-state index is 0.0436. The van der Waals surface area contributed by atoms with Crippen LogP contribution in [0.2, 0.25) is 5.02 Å². The fourth-order valence-electron chi connectivity index (χ4n) is 3.02. The zero-order valence-electron chi connectivity index (χ0n) is 15.0. The Kier molecular flexibility index (Phi) is 5.78. The first-order valence-electron chi connectivity index (χ1n) is 8.56. The second-order valence-electron chi connectivity index (χ2n) is 6.19. The van der Waals surface area contributed by atoms with Crippen LogP contribution in [0.4, 0.5) is 5.69 Å². The van der Waals surface area contributed by atoms with E-state index in [2.05, 4.69) is 15.4 Å². The van der Waals surface area contributed by atoms with Crippen LogP contribution in [-0.4, -0.2) is 59.8 Å². The van der Waals surface area contributed by atoms with E-state index in [1.165, 1.54) is 0 Å². The summed E-state index contributed by atoms with van der Waals surface area (Å²) >= 11 is 6.02. The molecule has 0 aliphatic carbocycles. The smallest absolute Gasteiger partial charge is 0.246 e. The van der Waals surface area contributed by atoms with Crippen molar-refractivity contribution < 1.29 is 4.79 Å². The molecule has 0 saturated carbocycles. The normalized spacial score (nSPS) is 15.5. The van der Waals surface area contributed by atoms with Crippen molar-refractivity contribution in [2.75, 3.05) is 38.1 Å². The van der Waals surface area contributed by atoms with Crippen LogP contribution in [0.1, 0.15) is 5.56 Å². The van der Waals surface area contributed by atoms with Crippen LogP contribution in [-0.2, 0) is 18.3 Å². The van der Waals surface area contributed by atoms with E-state index in [4.69, 9.17) is 11.6 Å². The Morgan fingerprint density at radius 1 is 1.38 bits per heavy atom. The van der Waals surface area contributed by atoms with Gasteiger partial charge in [-0.15, -0.1) is 0 Å². The lowest BCUT2D eigenvalue weighted by molar-refractivity contribution is -0.120. The molecule has 1 aliphatic heterocycles. The molecule has 1 aromatic heterocycles. The Bertz CT molecular complexity index is 802. The van der Waals surface area contributed by atoms with Gasteiger partial charge in [0.25, 0.3) is 0 Å². The molecule has 0 atom stereocenters. The molecule has 1 amide bonds. The van der Waals surface area contributed by atoms with Crippen LogP contribution >= 0.6 is 11.6 Å². The van der Waals surface area contributed by atoms with E-state index in [1.807, 2.05) is 42.4 Å². The van der Waals surface area contributed by atoms with Gasteiger partial charge in [-0.3, -0.25) is 14.5 Å². The third kappa shape index (κ3) is 4.35. The number of aryl methyl sites for hydroxylation is 1. The van der Waals surface area contributed by atoms with E-state index in [0.717, 1.165) is 41.7 Å². The summed E-state index contributed by atoms with van der Waals surface area (Å²) in [6, 6.07) is 7.82. The van der Waals surface area contributed by atoms with Gasteiger partial charge in [0, 0.05) is 44.9 Å². The first-order valence-corrected chi connectivity index (χ1v) is 8.93. The van der Waals surface area contributed by atoms with Crippen molar-refractivity contribution in [3.8, 4) is 0 Å². The van der Waals surface area contributed by atoms with Crippen molar-refractivity contribution in [2.24, 2.45) is 12.0 Å². The zero-order chi connectivity index (χ0) is 18.5. The minimum absolute atomic E-state index is 0.0436. The van der Waals surface area contributed by atoms with Gasteiger partial charge in [-0.25, -0.2) is 0 Å². The molecular weight excluding hydrogens is 352 g/mol. The molecule has 1 fully saturated rings. The number of rotatable bonds is 4. The molecule has 1 aromatic carbocycles. The van der Waals surface area contributed by atoms with E-state index in [0.29, 0.717) is 13.1 Å². The Morgan fingerprint density at radius 2 is 2.23 bits per heavy atom. The predicted molar refractivity (Wildman–Crippen MR) is 104 cm³/mol. The van der Waals surface area contributed by atoms with E-state index in [-0.39, 0.29) is 5.91 Å². The van der Waals surface area contributed by atoms with Crippen molar-refractivity contribution in [2.45, 2.75) is 6.42 Å². The molecule has 26 heavy (non-hydrogen) atoms. The van der Waals surface area contributed by atoms with Gasteiger partial charge in [0.15, 0.2) is 5.96 Å². The van der Waals surface area contributed by atoms with Crippen molar-refractivity contribution >= 4 is 29.2 Å². The standard InChI is InChI=1S/C18H23ClN6O/c1-20-18(21-7-6-14-4-3-5-15(19)10-14)24-8-9-25(17(26)13-24)16-11-22-23(2)12-16/h3-5,10-12H,6-9,13H2,1-2H3,(H,20,21). The number of halogens is 1. The molecule has 7 nitrogen and oxygen atoms in total. The summed E-state index contributed by atoms with van der Waals surface area (Å²) in [5.41, 5.74) is 2.00.